The maximum atomic E-state index is 12.7. The molecule has 0 unspecified atom stereocenters. The minimum Gasteiger partial charge on any atom is -0.426 e. The molecule has 148 valence electrons. The lowest BCUT2D eigenvalue weighted by molar-refractivity contribution is -0.139. The number of nitrogens with zero attached hydrogens (tertiary/aromatic N) is 1. The van der Waals surface area contributed by atoms with E-state index in [1.54, 1.807) is 4.90 Å². The molecule has 0 spiro atoms. The van der Waals surface area contributed by atoms with Crippen LogP contribution in [0.3, 0.4) is 0 Å². The number of benzene rings is 3. The average Bonchev–Trinajstić information content (AvgIpc) is 3.09. The van der Waals surface area contributed by atoms with Gasteiger partial charge in [0.15, 0.2) is 0 Å². The highest BCUT2D eigenvalue weighted by Crippen LogP contribution is 2.32. The molecule has 0 aliphatic carbocycles. The molecule has 1 heterocycles. The summed E-state index contributed by atoms with van der Waals surface area (Å²) in [7, 11) is 0. The number of amides is 1. The lowest BCUT2D eigenvalue weighted by atomic mass is 9.87. The third kappa shape index (κ3) is 3.88. The zero-order valence-corrected chi connectivity index (χ0v) is 17.0. The average molecular weight is 387 g/mol. The summed E-state index contributed by atoms with van der Waals surface area (Å²) in [5.74, 6) is -0.362. The SMILES string of the molecule is CC(C)(C)c1ccc(OC(=O)[C@H]2CC(=O)N(c3cccc4ccccc34)C2)cc1. The number of anilines is 1. The Balaban J connectivity index is 1.49. The molecule has 1 aliphatic heterocycles. The number of rotatable bonds is 3. The van der Waals surface area contributed by atoms with E-state index in [1.807, 2.05) is 66.7 Å². The molecule has 0 bridgehead atoms. The van der Waals surface area contributed by atoms with Crippen LogP contribution in [0.2, 0.25) is 0 Å². The zero-order valence-electron chi connectivity index (χ0n) is 17.0. The van der Waals surface area contributed by atoms with Crippen LogP contribution in [0, 0.1) is 5.92 Å². The summed E-state index contributed by atoms with van der Waals surface area (Å²) in [5.41, 5.74) is 2.06. The second-order valence-corrected chi connectivity index (χ2v) is 8.60. The highest BCUT2D eigenvalue weighted by atomic mass is 16.5. The van der Waals surface area contributed by atoms with E-state index in [2.05, 4.69) is 20.8 Å². The van der Waals surface area contributed by atoms with Crippen molar-refractivity contribution in [2.45, 2.75) is 32.6 Å². The van der Waals surface area contributed by atoms with Crippen LogP contribution in [-0.4, -0.2) is 18.4 Å². The Kier molecular flexibility index (Phi) is 4.87. The fraction of sp³-hybridized carbons (Fsp3) is 0.280. The van der Waals surface area contributed by atoms with Crippen molar-refractivity contribution in [1.29, 1.82) is 0 Å². The molecule has 29 heavy (non-hydrogen) atoms. The van der Waals surface area contributed by atoms with Crippen LogP contribution in [0.1, 0.15) is 32.8 Å². The number of fused-ring (bicyclic) bond motifs is 1. The van der Waals surface area contributed by atoms with Gasteiger partial charge in [-0.25, -0.2) is 0 Å². The van der Waals surface area contributed by atoms with Crippen LogP contribution in [0.15, 0.2) is 66.7 Å². The van der Waals surface area contributed by atoms with Crippen LogP contribution in [0.5, 0.6) is 5.75 Å². The fourth-order valence-corrected chi connectivity index (χ4v) is 3.76. The molecular weight excluding hydrogens is 362 g/mol. The zero-order chi connectivity index (χ0) is 20.6. The van der Waals surface area contributed by atoms with Crippen LogP contribution < -0.4 is 9.64 Å². The number of hydrogen-bond donors (Lipinski definition) is 0. The van der Waals surface area contributed by atoms with Gasteiger partial charge in [-0.15, -0.1) is 0 Å². The lowest BCUT2D eigenvalue weighted by Gasteiger charge is -2.19. The number of ether oxygens (including phenoxy) is 1. The van der Waals surface area contributed by atoms with Crippen molar-refractivity contribution < 1.29 is 14.3 Å². The monoisotopic (exact) mass is 387 g/mol. The molecule has 3 aromatic rings. The molecule has 1 atom stereocenters. The predicted molar refractivity (Wildman–Crippen MR) is 115 cm³/mol. The topological polar surface area (TPSA) is 46.6 Å². The molecule has 4 nitrogen and oxygen atoms in total. The van der Waals surface area contributed by atoms with Crippen molar-refractivity contribution in [1.82, 2.24) is 0 Å². The van der Waals surface area contributed by atoms with E-state index in [9.17, 15) is 9.59 Å². The Labute approximate surface area is 171 Å². The molecule has 0 aromatic heterocycles. The van der Waals surface area contributed by atoms with Gasteiger partial charge in [-0.3, -0.25) is 9.59 Å². The first kappa shape index (κ1) is 19.2. The van der Waals surface area contributed by atoms with E-state index < -0.39 is 5.92 Å². The van der Waals surface area contributed by atoms with Crippen LogP contribution in [0.4, 0.5) is 5.69 Å². The first-order chi connectivity index (χ1) is 13.8. The van der Waals surface area contributed by atoms with Gasteiger partial charge in [-0.1, -0.05) is 69.3 Å². The van der Waals surface area contributed by atoms with E-state index >= 15 is 0 Å². The van der Waals surface area contributed by atoms with Crippen molar-refractivity contribution in [2.24, 2.45) is 5.92 Å². The maximum Gasteiger partial charge on any atom is 0.316 e. The van der Waals surface area contributed by atoms with Gasteiger partial charge in [-0.2, -0.15) is 0 Å². The molecule has 4 rings (SSSR count). The molecule has 1 fully saturated rings. The predicted octanol–water partition coefficient (Wildman–Crippen LogP) is 5.10. The third-order valence-electron chi connectivity index (χ3n) is 5.45. The van der Waals surface area contributed by atoms with Crippen LogP contribution in [-0.2, 0) is 15.0 Å². The Hall–Kier alpha value is -3.14. The minimum absolute atomic E-state index is 0.0410. The van der Waals surface area contributed by atoms with Crippen LogP contribution in [0.25, 0.3) is 10.8 Å². The molecule has 0 saturated carbocycles. The van der Waals surface area contributed by atoms with Gasteiger partial charge in [0.25, 0.3) is 0 Å². The van der Waals surface area contributed by atoms with Gasteiger partial charge in [0.2, 0.25) is 5.91 Å². The van der Waals surface area contributed by atoms with E-state index in [1.165, 1.54) is 5.56 Å². The van der Waals surface area contributed by atoms with Gasteiger partial charge in [0, 0.05) is 18.4 Å². The first-order valence-corrected chi connectivity index (χ1v) is 9.93. The first-order valence-electron chi connectivity index (χ1n) is 9.93. The molecule has 1 saturated heterocycles. The van der Waals surface area contributed by atoms with Crippen molar-refractivity contribution >= 4 is 28.3 Å². The van der Waals surface area contributed by atoms with Gasteiger partial charge in [0.1, 0.15) is 5.75 Å². The van der Waals surface area contributed by atoms with Crippen LogP contribution >= 0.6 is 0 Å². The quantitative estimate of drug-likeness (QED) is 0.464. The van der Waals surface area contributed by atoms with E-state index in [-0.39, 0.29) is 23.7 Å². The summed E-state index contributed by atoms with van der Waals surface area (Å²) in [6.07, 6.45) is 0.169. The summed E-state index contributed by atoms with van der Waals surface area (Å²) >= 11 is 0. The molecule has 0 N–H and O–H groups in total. The van der Waals surface area contributed by atoms with Gasteiger partial charge in [-0.05, 0) is 34.6 Å². The Bertz CT molecular complexity index is 1060. The lowest BCUT2D eigenvalue weighted by Crippen LogP contribution is -2.27. The van der Waals surface area contributed by atoms with E-state index in [4.69, 9.17) is 4.74 Å². The van der Waals surface area contributed by atoms with Crippen molar-refractivity contribution in [3.05, 3.63) is 72.3 Å². The Morgan fingerprint density at radius 2 is 1.66 bits per heavy atom. The second-order valence-electron chi connectivity index (χ2n) is 8.60. The Morgan fingerprint density at radius 1 is 0.966 bits per heavy atom. The molecule has 0 radical (unpaired) electrons. The molecule has 3 aromatic carbocycles. The number of carbonyl (C=O) groups excluding carboxylic acids is 2. The Morgan fingerprint density at radius 3 is 2.38 bits per heavy atom. The second kappa shape index (κ2) is 7.36. The summed E-state index contributed by atoms with van der Waals surface area (Å²) in [5, 5.41) is 2.08. The summed E-state index contributed by atoms with van der Waals surface area (Å²) in [4.78, 5) is 27.0. The smallest absolute Gasteiger partial charge is 0.316 e. The normalized spacial score (nSPS) is 17.0. The molecule has 4 heteroatoms. The summed E-state index contributed by atoms with van der Waals surface area (Å²) in [6.45, 7) is 6.76. The van der Waals surface area contributed by atoms with Crippen molar-refractivity contribution in [2.75, 3.05) is 11.4 Å². The largest absolute Gasteiger partial charge is 0.426 e. The highest BCUT2D eigenvalue weighted by molar-refractivity contribution is 6.06. The summed E-state index contributed by atoms with van der Waals surface area (Å²) < 4.78 is 5.57. The van der Waals surface area contributed by atoms with Crippen molar-refractivity contribution in [3.8, 4) is 5.75 Å². The molecular formula is C25H25NO3. The maximum absolute atomic E-state index is 12.7. The van der Waals surface area contributed by atoms with E-state index in [0.717, 1.165) is 16.5 Å². The number of esters is 1. The minimum atomic E-state index is -0.469. The molecule has 1 amide bonds. The van der Waals surface area contributed by atoms with Crippen molar-refractivity contribution in [3.63, 3.8) is 0 Å². The summed E-state index contributed by atoms with van der Waals surface area (Å²) in [6, 6.07) is 21.4. The van der Waals surface area contributed by atoms with Gasteiger partial charge < -0.3 is 9.64 Å². The number of hydrogen-bond acceptors (Lipinski definition) is 3. The number of carbonyl (C=O) groups is 2. The standard InChI is InChI=1S/C25H25NO3/c1-25(2,3)19-11-13-20(14-12-19)29-24(28)18-15-23(27)26(16-18)22-10-6-8-17-7-4-5-9-21(17)22/h4-14,18H,15-16H2,1-3H3/t18-/m0/s1. The highest BCUT2D eigenvalue weighted by Gasteiger charge is 2.37. The van der Waals surface area contributed by atoms with E-state index in [0.29, 0.717) is 12.3 Å². The molecule has 1 aliphatic rings. The third-order valence-corrected chi connectivity index (χ3v) is 5.45. The fourth-order valence-electron chi connectivity index (χ4n) is 3.76. The van der Waals surface area contributed by atoms with Gasteiger partial charge >= 0.3 is 5.97 Å². The van der Waals surface area contributed by atoms with Gasteiger partial charge in [0.05, 0.1) is 11.6 Å².